The number of hydrogen-bond donors (Lipinski definition) is 1. The van der Waals surface area contributed by atoms with Gasteiger partial charge in [-0.2, -0.15) is 0 Å². The molecule has 1 atom stereocenters. The summed E-state index contributed by atoms with van der Waals surface area (Å²) in [7, 11) is 0. The lowest BCUT2D eigenvalue weighted by molar-refractivity contribution is -0.133. The molecule has 3 fully saturated rings. The van der Waals surface area contributed by atoms with Crippen LogP contribution in [0.5, 0.6) is 0 Å². The molecule has 1 heterocycles. The van der Waals surface area contributed by atoms with Crippen LogP contribution in [0, 0.1) is 5.92 Å². The SMILES string of the molecule is CCCCN1C(=O)C2(CCCC2)NC1C1CCCC1. The highest BCUT2D eigenvalue weighted by Gasteiger charge is 2.53. The molecule has 3 rings (SSSR count). The Hall–Kier alpha value is -0.570. The van der Waals surface area contributed by atoms with E-state index in [9.17, 15) is 4.79 Å². The molecule has 1 amide bonds. The van der Waals surface area contributed by atoms with Gasteiger partial charge in [0.2, 0.25) is 5.91 Å². The average molecular weight is 264 g/mol. The van der Waals surface area contributed by atoms with Crippen LogP contribution in [0.25, 0.3) is 0 Å². The summed E-state index contributed by atoms with van der Waals surface area (Å²) in [6, 6.07) is 0. The van der Waals surface area contributed by atoms with Gasteiger partial charge >= 0.3 is 0 Å². The first-order chi connectivity index (χ1) is 9.27. The van der Waals surface area contributed by atoms with E-state index in [1.165, 1.54) is 44.9 Å². The van der Waals surface area contributed by atoms with Crippen molar-refractivity contribution in [2.24, 2.45) is 5.92 Å². The summed E-state index contributed by atoms with van der Waals surface area (Å²) in [6.45, 7) is 3.18. The standard InChI is InChI=1S/C16H28N2O/c1-2-3-12-18-14(13-8-4-5-9-13)17-16(15(18)19)10-6-7-11-16/h13-14,17H,2-12H2,1H3. The van der Waals surface area contributed by atoms with E-state index in [0.717, 1.165) is 25.8 Å². The third kappa shape index (κ3) is 2.31. The van der Waals surface area contributed by atoms with Crippen molar-refractivity contribution in [2.75, 3.05) is 6.54 Å². The van der Waals surface area contributed by atoms with E-state index in [2.05, 4.69) is 17.1 Å². The molecule has 2 aliphatic carbocycles. The summed E-state index contributed by atoms with van der Waals surface area (Å²) in [5, 5.41) is 3.79. The van der Waals surface area contributed by atoms with Gasteiger partial charge in [-0.1, -0.05) is 39.0 Å². The van der Waals surface area contributed by atoms with E-state index >= 15 is 0 Å². The van der Waals surface area contributed by atoms with Crippen molar-refractivity contribution in [3.63, 3.8) is 0 Å². The minimum absolute atomic E-state index is 0.166. The normalized spacial score (nSPS) is 30.9. The number of nitrogens with one attached hydrogen (secondary N) is 1. The summed E-state index contributed by atoms with van der Waals surface area (Å²) in [5.74, 6) is 1.14. The lowest BCUT2D eigenvalue weighted by Gasteiger charge is -2.29. The van der Waals surface area contributed by atoms with Crippen LogP contribution in [-0.2, 0) is 4.79 Å². The first kappa shape index (κ1) is 13.4. The maximum absolute atomic E-state index is 12.9. The quantitative estimate of drug-likeness (QED) is 0.846. The minimum Gasteiger partial charge on any atom is -0.325 e. The molecule has 1 saturated heterocycles. The molecule has 3 nitrogen and oxygen atoms in total. The van der Waals surface area contributed by atoms with Crippen molar-refractivity contribution < 1.29 is 4.79 Å². The Kier molecular flexibility index (Phi) is 3.84. The van der Waals surface area contributed by atoms with E-state index in [1.807, 2.05) is 0 Å². The van der Waals surface area contributed by atoms with E-state index < -0.39 is 0 Å². The zero-order valence-electron chi connectivity index (χ0n) is 12.3. The Balaban J connectivity index is 1.77. The van der Waals surface area contributed by atoms with Gasteiger partial charge < -0.3 is 4.90 Å². The van der Waals surface area contributed by atoms with Crippen molar-refractivity contribution in [1.82, 2.24) is 10.2 Å². The number of hydrogen-bond acceptors (Lipinski definition) is 2. The van der Waals surface area contributed by atoms with Gasteiger partial charge in [-0.25, -0.2) is 0 Å². The molecule has 1 spiro atoms. The summed E-state index contributed by atoms with van der Waals surface area (Å²) >= 11 is 0. The fraction of sp³-hybridized carbons (Fsp3) is 0.938. The molecule has 1 N–H and O–H groups in total. The fourth-order valence-corrected chi connectivity index (χ4v) is 4.38. The van der Waals surface area contributed by atoms with E-state index in [0.29, 0.717) is 18.0 Å². The Morgan fingerprint density at radius 3 is 2.53 bits per heavy atom. The van der Waals surface area contributed by atoms with Crippen LogP contribution < -0.4 is 5.32 Å². The highest BCUT2D eigenvalue weighted by Crippen LogP contribution is 2.41. The molecule has 0 aromatic heterocycles. The molecule has 2 saturated carbocycles. The highest BCUT2D eigenvalue weighted by molar-refractivity contribution is 5.89. The van der Waals surface area contributed by atoms with Gasteiger partial charge in [0.25, 0.3) is 0 Å². The largest absolute Gasteiger partial charge is 0.325 e. The molecule has 3 heteroatoms. The number of carbonyl (C=O) groups is 1. The maximum Gasteiger partial charge on any atom is 0.244 e. The van der Waals surface area contributed by atoms with Crippen LogP contribution >= 0.6 is 0 Å². The van der Waals surface area contributed by atoms with Crippen LogP contribution in [-0.4, -0.2) is 29.1 Å². The van der Waals surface area contributed by atoms with Crippen LogP contribution in [0.3, 0.4) is 0 Å². The van der Waals surface area contributed by atoms with Crippen LogP contribution in [0.15, 0.2) is 0 Å². The molecule has 0 bridgehead atoms. The molecule has 1 aliphatic heterocycles. The molecule has 19 heavy (non-hydrogen) atoms. The van der Waals surface area contributed by atoms with Crippen LogP contribution in [0.1, 0.15) is 71.1 Å². The van der Waals surface area contributed by atoms with E-state index in [4.69, 9.17) is 0 Å². The van der Waals surface area contributed by atoms with Crippen LogP contribution in [0.2, 0.25) is 0 Å². The molecular weight excluding hydrogens is 236 g/mol. The van der Waals surface area contributed by atoms with Gasteiger partial charge in [-0.3, -0.25) is 10.1 Å². The van der Waals surface area contributed by atoms with Gasteiger partial charge in [0.1, 0.15) is 0 Å². The predicted octanol–water partition coefficient (Wildman–Crippen LogP) is 3.05. The fourth-order valence-electron chi connectivity index (χ4n) is 4.38. The summed E-state index contributed by atoms with van der Waals surface area (Å²) in [6.07, 6.45) is 12.6. The van der Waals surface area contributed by atoms with Crippen molar-refractivity contribution >= 4 is 5.91 Å². The zero-order chi connectivity index (χ0) is 13.3. The number of rotatable bonds is 4. The van der Waals surface area contributed by atoms with Crippen molar-refractivity contribution in [2.45, 2.75) is 82.8 Å². The smallest absolute Gasteiger partial charge is 0.244 e. The average Bonchev–Trinajstić information content (AvgIpc) is 3.13. The van der Waals surface area contributed by atoms with Crippen molar-refractivity contribution in [3.05, 3.63) is 0 Å². The van der Waals surface area contributed by atoms with Crippen LogP contribution in [0.4, 0.5) is 0 Å². The second-order valence-corrected chi connectivity index (χ2v) is 6.78. The molecule has 3 aliphatic rings. The predicted molar refractivity (Wildman–Crippen MR) is 76.7 cm³/mol. The lowest BCUT2D eigenvalue weighted by Crippen LogP contribution is -2.46. The topological polar surface area (TPSA) is 32.3 Å². The van der Waals surface area contributed by atoms with E-state index in [1.54, 1.807) is 0 Å². The third-order valence-electron chi connectivity index (χ3n) is 5.49. The number of carbonyl (C=O) groups excluding carboxylic acids is 1. The van der Waals surface area contributed by atoms with Gasteiger partial charge in [-0.15, -0.1) is 0 Å². The molecule has 0 aromatic rings. The highest BCUT2D eigenvalue weighted by atomic mass is 16.2. The van der Waals surface area contributed by atoms with Gasteiger partial charge in [0.15, 0.2) is 0 Å². The summed E-state index contributed by atoms with van der Waals surface area (Å²) < 4.78 is 0. The third-order valence-corrected chi connectivity index (χ3v) is 5.49. The van der Waals surface area contributed by atoms with Gasteiger partial charge in [-0.05, 0) is 38.0 Å². The molecule has 1 unspecified atom stereocenters. The number of amides is 1. The van der Waals surface area contributed by atoms with Gasteiger partial charge in [0, 0.05) is 6.54 Å². The van der Waals surface area contributed by atoms with Crippen molar-refractivity contribution in [3.8, 4) is 0 Å². The Morgan fingerprint density at radius 1 is 1.21 bits per heavy atom. The Bertz CT molecular complexity index is 330. The summed E-state index contributed by atoms with van der Waals surface area (Å²) in [5.41, 5.74) is -0.166. The van der Waals surface area contributed by atoms with Crippen molar-refractivity contribution in [1.29, 1.82) is 0 Å². The number of unbranched alkanes of at least 4 members (excludes halogenated alkanes) is 1. The first-order valence-corrected chi connectivity index (χ1v) is 8.35. The molecule has 108 valence electrons. The maximum atomic E-state index is 12.9. The minimum atomic E-state index is -0.166. The second kappa shape index (κ2) is 5.43. The zero-order valence-corrected chi connectivity index (χ0v) is 12.3. The monoisotopic (exact) mass is 264 g/mol. The Labute approximate surface area is 117 Å². The molecule has 0 aromatic carbocycles. The Morgan fingerprint density at radius 2 is 1.89 bits per heavy atom. The molecule has 0 radical (unpaired) electrons. The number of nitrogens with zero attached hydrogens (tertiary/aromatic N) is 1. The first-order valence-electron chi connectivity index (χ1n) is 8.35. The van der Waals surface area contributed by atoms with Gasteiger partial charge in [0.05, 0.1) is 11.7 Å². The molecular formula is C16H28N2O. The summed E-state index contributed by atoms with van der Waals surface area (Å²) in [4.78, 5) is 15.1. The lowest BCUT2D eigenvalue weighted by atomic mass is 9.97. The second-order valence-electron chi connectivity index (χ2n) is 6.78. The van der Waals surface area contributed by atoms with E-state index in [-0.39, 0.29) is 5.54 Å².